The Morgan fingerprint density at radius 2 is 2.19 bits per heavy atom. The molecule has 1 aliphatic rings. The number of benzene rings is 1. The third-order valence-electron chi connectivity index (χ3n) is 3.23. The van der Waals surface area contributed by atoms with Crippen LogP contribution in [0.15, 0.2) is 6.07 Å². The van der Waals surface area contributed by atoms with Crippen LogP contribution in [0.3, 0.4) is 0 Å². The van der Waals surface area contributed by atoms with Gasteiger partial charge < -0.3 is 19.1 Å². The Balaban J connectivity index is 2.63. The number of fused-ring (bicyclic) bond motifs is 1. The molecule has 1 aromatic carbocycles. The summed E-state index contributed by atoms with van der Waals surface area (Å²) in [6, 6.07) is 1.77. The fourth-order valence-electron chi connectivity index (χ4n) is 2.30. The fraction of sp³-hybridized carbons (Fsp3) is 0.533. The second-order valence-electron chi connectivity index (χ2n) is 4.69. The molecule has 0 saturated heterocycles. The first-order valence-electron chi connectivity index (χ1n) is 7.10. The highest BCUT2D eigenvalue weighted by Gasteiger charge is 2.29. The zero-order valence-electron chi connectivity index (χ0n) is 12.6. The van der Waals surface area contributed by atoms with E-state index >= 15 is 0 Å². The number of halogens is 1. The Morgan fingerprint density at radius 3 is 2.86 bits per heavy atom. The number of hydrogen-bond donors (Lipinski definition) is 0. The minimum Gasteiger partial charge on any atom is -0.491 e. The molecule has 1 aliphatic heterocycles. The molecule has 0 spiro atoms. The van der Waals surface area contributed by atoms with Gasteiger partial charge >= 0.3 is 5.97 Å². The van der Waals surface area contributed by atoms with Crippen LogP contribution in [-0.4, -0.2) is 39.4 Å². The number of nitrogens with zero attached hydrogens (tertiary/aromatic N) is 1. The molecular weight excluding hydrogens is 294 g/mol. The van der Waals surface area contributed by atoms with E-state index in [1.807, 2.05) is 18.9 Å². The topological polar surface area (TPSA) is 48.0 Å². The Bertz CT molecular complexity index is 533. The van der Waals surface area contributed by atoms with E-state index in [-0.39, 0.29) is 12.2 Å². The zero-order valence-corrected chi connectivity index (χ0v) is 13.3. The summed E-state index contributed by atoms with van der Waals surface area (Å²) in [6.07, 6.45) is 0.870. The lowest BCUT2D eigenvalue weighted by molar-refractivity contribution is 0.0517. The molecule has 0 aliphatic carbocycles. The minimum absolute atomic E-state index is 0.273. The molecule has 0 atom stereocenters. The van der Waals surface area contributed by atoms with Gasteiger partial charge in [-0.05, 0) is 26.3 Å². The molecule has 116 valence electrons. The van der Waals surface area contributed by atoms with Crippen molar-refractivity contribution in [1.82, 2.24) is 0 Å². The van der Waals surface area contributed by atoms with Crippen LogP contribution in [0.5, 0.6) is 11.5 Å². The van der Waals surface area contributed by atoms with Crippen molar-refractivity contribution in [3.63, 3.8) is 0 Å². The summed E-state index contributed by atoms with van der Waals surface area (Å²) in [5.41, 5.74) is 1.05. The highest BCUT2D eigenvalue weighted by molar-refractivity contribution is 6.33. The third kappa shape index (κ3) is 3.18. The van der Waals surface area contributed by atoms with Gasteiger partial charge in [-0.25, -0.2) is 4.79 Å². The van der Waals surface area contributed by atoms with Crippen LogP contribution in [0.2, 0.25) is 5.02 Å². The van der Waals surface area contributed by atoms with Gasteiger partial charge in [-0.2, -0.15) is 0 Å². The number of carbonyl (C=O) groups excluding carboxylic acids is 1. The molecule has 0 bridgehead atoms. The third-order valence-corrected chi connectivity index (χ3v) is 3.51. The van der Waals surface area contributed by atoms with Crippen LogP contribution in [-0.2, 0) is 4.74 Å². The molecule has 0 aromatic heterocycles. The Labute approximate surface area is 129 Å². The van der Waals surface area contributed by atoms with Crippen molar-refractivity contribution in [2.45, 2.75) is 20.3 Å². The maximum atomic E-state index is 12.3. The van der Waals surface area contributed by atoms with Gasteiger partial charge in [-0.3, -0.25) is 0 Å². The van der Waals surface area contributed by atoms with Crippen LogP contribution < -0.4 is 14.4 Å². The predicted octanol–water partition coefficient (Wildman–Crippen LogP) is 3.13. The Hall–Kier alpha value is -1.62. The quantitative estimate of drug-likeness (QED) is 0.799. The van der Waals surface area contributed by atoms with Crippen molar-refractivity contribution in [3.8, 4) is 11.5 Å². The van der Waals surface area contributed by atoms with Crippen LogP contribution in [0, 0.1) is 0 Å². The van der Waals surface area contributed by atoms with Crippen molar-refractivity contribution in [2.24, 2.45) is 0 Å². The normalized spacial score (nSPS) is 14.0. The lowest BCUT2D eigenvalue weighted by Gasteiger charge is -2.22. The second-order valence-corrected chi connectivity index (χ2v) is 5.10. The van der Waals surface area contributed by atoms with E-state index in [2.05, 4.69) is 0 Å². The lowest BCUT2D eigenvalue weighted by Crippen LogP contribution is -2.18. The average molecular weight is 314 g/mol. The summed E-state index contributed by atoms with van der Waals surface area (Å²) < 4.78 is 16.5. The van der Waals surface area contributed by atoms with Crippen molar-refractivity contribution in [1.29, 1.82) is 0 Å². The summed E-state index contributed by atoms with van der Waals surface area (Å²) in [7, 11) is 1.94. The maximum Gasteiger partial charge on any atom is 0.345 e. The van der Waals surface area contributed by atoms with E-state index in [1.54, 1.807) is 13.0 Å². The van der Waals surface area contributed by atoms with Gasteiger partial charge in [0.2, 0.25) is 0 Å². The number of hydrogen-bond acceptors (Lipinski definition) is 5. The van der Waals surface area contributed by atoms with E-state index in [9.17, 15) is 4.79 Å². The SMILES string of the molecule is CCOC(=O)c1c(OCC)c(Cl)cc2c1OCCCN2C. The number of anilines is 1. The highest BCUT2D eigenvalue weighted by Crippen LogP contribution is 2.44. The number of ether oxygens (including phenoxy) is 3. The van der Waals surface area contributed by atoms with Gasteiger partial charge in [0, 0.05) is 13.6 Å². The first-order chi connectivity index (χ1) is 10.1. The van der Waals surface area contributed by atoms with Crippen LogP contribution >= 0.6 is 11.6 Å². The molecule has 1 heterocycles. The minimum atomic E-state index is -0.477. The maximum absolute atomic E-state index is 12.3. The molecular formula is C15H20ClNO4. The number of esters is 1. The van der Waals surface area contributed by atoms with Gasteiger partial charge in [-0.15, -0.1) is 0 Å². The molecule has 2 rings (SSSR count). The highest BCUT2D eigenvalue weighted by atomic mass is 35.5. The van der Waals surface area contributed by atoms with Gasteiger partial charge in [0.1, 0.15) is 5.56 Å². The fourth-order valence-corrected chi connectivity index (χ4v) is 2.55. The van der Waals surface area contributed by atoms with Crippen LogP contribution in [0.25, 0.3) is 0 Å². The summed E-state index contributed by atoms with van der Waals surface area (Å²) in [5, 5.41) is 0.385. The summed E-state index contributed by atoms with van der Waals surface area (Å²) >= 11 is 6.29. The second kappa shape index (κ2) is 6.89. The van der Waals surface area contributed by atoms with E-state index < -0.39 is 5.97 Å². The van der Waals surface area contributed by atoms with Crippen molar-refractivity contribution in [3.05, 3.63) is 16.7 Å². The largest absolute Gasteiger partial charge is 0.491 e. The van der Waals surface area contributed by atoms with Gasteiger partial charge in [0.25, 0.3) is 0 Å². The van der Waals surface area contributed by atoms with Crippen LogP contribution in [0.4, 0.5) is 5.69 Å². The monoisotopic (exact) mass is 313 g/mol. The summed E-state index contributed by atoms with van der Waals surface area (Å²) in [4.78, 5) is 14.3. The predicted molar refractivity (Wildman–Crippen MR) is 82.0 cm³/mol. The molecule has 0 fully saturated rings. The van der Waals surface area contributed by atoms with Gasteiger partial charge in [-0.1, -0.05) is 11.6 Å². The standard InChI is InChI=1S/C15H20ClNO4/c1-4-19-13-10(16)9-11-14(12(13)15(18)20-5-2)21-8-6-7-17(11)3/h9H,4-8H2,1-3H3. The first kappa shape index (κ1) is 15.8. The summed E-state index contributed by atoms with van der Waals surface area (Å²) in [6.45, 7) is 5.65. The van der Waals surface area contributed by atoms with E-state index in [4.69, 9.17) is 25.8 Å². The van der Waals surface area contributed by atoms with E-state index in [0.29, 0.717) is 29.7 Å². The number of carbonyl (C=O) groups is 1. The van der Waals surface area contributed by atoms with Gasteiger partial charge in [0.05, 0.1) is 30.5 Å². The molecule has 0 amide bonds. The van der Waals surface area contributed by atoms with E-state index in [0.717, 1.165) is 18.7 Å². The van der Waals surface area contributed by atoms with Crippen molar-refractivity contribution >= 4 is 23.3 Å². The Kier molecular flexibility index (Phi) is 5.17. The number of rotatable bonds is 4. The molecule has 0 radical (unpaired) electrons. The van der Waals surface area contributed by atoms with Crippen LogP contribution in [0.1, 0.15) is 30.6 Å². The lowest BCUT2D eigenvalue weighted by atomic mass is 10.1. The molecule has 0 unspecified atom stereocenters. The van der Waals surface area contributed by atoms with Gasteiger partial charge in [0.15, 0.2) is 11.5 Å². The molecule has 21 heavy (non-hydrogen) atoms. The van der Waals surface area contributed by atoms with Crippen molar-refractivity contribution < 1.29 is 19.0 Å². The molecule has 0 N–H and O–H groups in total. The smallest absolute Gasteiger partial charge is 0.345 e. The molecule has 6 heteroatoms. The van der Waals surface area contributed by atoms with E-state index in [1.165, 1.54) is 0 Å². The van der Waals surface area contributed by atoms with Crippen molar-refractivity contribution in [2.75, 3.05) is 38.3 Å². The molecule has 0 saturated carbocycles. The molecule has 5 nitrogen and oxygen atoms in total. The molecule has 1 aromatic rings. The summed E-state index contributed by atoms with van der Waals surface area (Å²) in [5.74, 6) is 0.336. The Morgan fingerprint density at radius 1 is 1.43 bits per heavy atom. The zero-order chi connectivity index (χ0) is 15.4. The average Bonchev–Trinajstić information content (AvgIpc) is 2.62. The first-order valence-corrected chi connectivity index (χ1v) is 7.48.